The van der Waals surface area contributed by atoms with Gasteiger partial charge in [-0.1, -0.05) is 30.3 Å². The molecule has 10 nitrogen and oxygen atoms in total. The molecule has 0 bridgehead atoms. The first-order valence-corrected chi connectivity index (χ1v) is 8.88. The van der Waals surface area contributed by atoms with Gasteiger partial charge in [0.15, 0.2) is 0 Å². The van der Waals surface area contributed by atoms with Crippen molar-refractivity contribution in [2.45, 2.75) is 5.92 Å². The normalized spacial score (nSPS) is 10.9. The van der Waals surface area contributed by atoms with E-state index in [4.69, 9.17) is 0 Å². The first kappa shape index (κ1) is 19.9. The molecule has 0 aliphatic rings. The molecule has 29 heavy (non-hydrogen) atoms. The number of hydrogen-bond donors (Lipinski definition) is 4. The fraction of sp³-hybridized carbons (Fsp3) is 0.263. The van der Waals surface area contributed by atoms with Crippen LogP contribution >= 0.6 is 0 Å². The summed E-state index contributed by atoms with van der Waals surface area (Å²) in [7, 11) is 5.85. The molecule has 0 unspecified atom stereocenters. The molecule has 0 atom stereocenters. The van der Waals surface area contributed by atoms with Crippen LogP contribution in [0.5, 0.6) is 0 Å². The third kappa shape index (κ3) is 3.28. The van der Waals surface area contributed by atoms with Crippen LogP contribution < -0.4 is 33.1 Å². The van der Waals surface area contributed by atoms with Crippen molar-refractivity contribution in [2.24, 2.45) is 14.1 Å². The van der Waals surface area contributed by atoms with Crippen molar-refractivity contribution in [2.75, 3.05) is 24.7 Å². The minimum atomic E-state index is -0.854. The summed E-state index contributed by atoms with van der Waals surface area (Å²) in [4.78, 5) is 55.7. The Balaban J connectivity index is 2.53. The second-order valence-corrected chi connectivity index (χ2v) is 6.51. The Morgan fingerprint density at radius 3 is 1.55 bits per heavy atom. The van der Waals surface area contributed by atoms with Gasteiger partial charge in [0, 0.05) is 28.2 Å². The van der Waals surface area contributed by atoms with Gasteiger partial charge in [-0.25, -0.2) is 9.59 Å². The fourth-order valence-corrected chi connectivity index (χ4v) is 3.33. The smallest absolute Gasteiger partial charge is 0.329 e. The maximum atomic E-state index is 13.1. The molecule has 3 rings (SSSR count). The van der Waals surface area contributed by atoms with E-state index in [0.717, 1.165) is 9.13 Å². The Bertz CT molecular complexity index is 1200. The molecule has 0 saturated heterocycles. The molecule has 0 aliphatic heterocycles. The van der Waals surface area contributed by atoms with Gasteiger partial charge < -0.3 is 10.6 Å². The molecule has 3 aromatic rings. The molecule has 4 N–H and O–H groups in total. The van der Waals surface area contributed by atoms with E-state index in [2.05, 4.69) is 20.6 Å². The molecular formula is C19H22N6O4. The van der Waals surface area contributed by atoms with Gasteiger partial charge in [-0.15, -0.1) is 0 Å². The molecule has 152 valence electrons. The van der Waals surface area contributed by atoms with Crippen LogP contribution in [0.2, 0.25) is 0 Å². The highest BCUT2D eigenvalue weighted by atomic mass is 16.2. The maximum Gasteiger partial charge on any atom is 0.329 e. The van der Waals surface area contributed by atoms with Crippen LogP contribution in [0.15, 0.2) is 49.5 Å². The number of hydrogen-bond acceptors (Lipinski definition) is 6. The molecule has 0 radical (unpaired) electrons. The van der Waals surface area contributed by atoms with Crippen LogP contribution in [-0.2, 0) is 14.1 Å². The molecule has 0 amide bonds. The summed E-state index contributed by atoms with van der Waals surface area (Å²) in [6, 6.07) is 8.94. The first-order valence-electron chi connectivity index (χ1n) is 8.88. The zero-order valence-electron chi connectivity index (χ0n) is 16.5. The van der Waals surface area contributed by atoms with E-state index < -0.39 is 28.4 Å². The van der Waals surface area contributed by atoms with Crippen molar-refractivity contribution in [3.05, 3.63) is 88.7 Å². The van der Waals surface area contributed by atoms with Crippen LogP contribution in [0.1, 0.15) is 22.6 Å². The molecule has 0 fully saturated rings. The summed E-state index contributed by atoms with van der Waals surface area (Å²) >= 11 is 0. The average Bonchev–Trinajstić information content (AvgIpc) is 2.73. The summed E-state index contributed by atoms with van der Waals surface area (Å²) < 4.78 is 1.89. The molecule has 2 heterocycles. The number of aromatic amines is 2. The monoisotopic (exact) mass is 398 g/mol. The number of rotatable bonds is 5. The van der Waals surface area contributed by atoms with Crippen LogP contribution in [0, 0.1) is 0 Å². The topological polar surface area (TPSA) is 134 Å². The third-order valence-corrected chi connectivity index (χ3v) is 4.89. The van der Waals surface area contributed by atoms with Crippen molar-refractivity contribution >= 4 is 11.6 Å². The highest BCUT2D eigenvalue weighted by molar-refractivity contribution is 5.58. The summed E-state index contributed by atoms with van der Waals surface area (Å²) in [5.74, 6) is -0.461. The van der Waals surface area contributed by atoms with Gasteiger partial charge in [0.05, 0.1) is 17.0 Å². The van der Waals surface area contributed by atoms with Gasteiger partial charge in [0.1, 0.15) is 11.6 Å². The number of nitrogens with zero attached hydrogens (tertiary/aromatic N) is 2. The van der Waals surface area contributed by atoms with Crippen molar-refractivity contribution in [1.82, 2.24) is 19.1 Å². The lowest BCUT2D eigenvalue weighted by molar-refractivity contribution is 0.723. The first-order chi connectivity index (χ1) is 13.8. The quantitative estimate of drug-likeness (QED) is 0.467. The predicted octanol–water partition coefficient (Wildman–Crippen LogP) is -0.276. The minimum absolute atomic E-state index is 0.182. The molecule has 10 heteroatoms. The number of anilines is 2. The Morgan fingerprint density at radius 2 is 1.17 bits per heavy atom. The summed E-state index contributed by atoms with van der Waals surface area (Å²) in [6.07, 6.45) is 0. The second kappa shape index (κ2) is 7.66. The Morgan fingerprint density at radius 1 is 0.759 bits per heavy atom. The number of benzene rings is 1. The van der Waals surface area contributed by atoms with Gasteiger partial charge in [0.2, 0.25) is 0 Å². The number of nitrogens with one attached hydrogen (secondary N) is 4. The van der Waals surface area contributed by atoms with Crippen molar-refractivity contribution in [1.29, 1.82) is 0 Å². The van der Waals surface area contributed by atoms with Crippen molar-refractivity contribution in [3.8, 4) is 0 Å². The predicted molar refractivity (Wildman–Crippen MR) is 111 cm³/mol. The van der Waals surface area contributed by atoms with Crippen LogP contribution in [0.25, 0.3) is 0 Å². The SMILES string of the molecule is CNc1[nH]c(=O)n(C)c(=O)c1C(c1ccccc1)c1c(NC)[nH]c(=O)n(C)c1=O. The third-order valence-electron chi connectivity index (χ3n) is 4.89. The van der Waals surface area contributed by atoms with E-state index >= 15 is 0 Å². The molecule has 2 aromatic heterocycles. The number of aromatic nitrogens is 4. The van der Waals surface area contributed by atoms with E-state index in [0.29, 0.717) is 5.56 Å². The largest absolute Gasteiger partial charge is 0.374 e. The van der Waals surface area contributed by atoms with E-state index in [1.807, 2.05) is 6.07 Å². The highest BCUT2D eigenvalue weighted by Gasteiger charge is 2.30. The molecular weight excluding hydrogens is 376 g/mol. The number of H-pyrrole nitrogens is 2. The van der Waals surface area contributed by atoms with Crippen LogP contribution in [-0.4, -0.2) is 33.2 Å². The molecule has 0 spiro atoms. The zero-order chi connectivity index (χ0) is 21.3. The van der Waals surface area contributed by atoms with Gasteiger partial charge in [-0.2, -0.15) is 0 Å². The van der Waals surface area contributed by atoms with Gasteiger partial charge in [0.25, 0.3) is 11.1 Å². The van der Waals surface area contributed by atoms with Gasteiger partial charge in [-0.3, -0.25) is 28.7 Å². The minimum Gasteiger partial charge on any atom is -0.374 e. The molecule has 0 aliphatic carbocycles. The Hall–Kier alpha value is -3.82. The maximum absolute atomic E-state index is 13.1. The van der Waals surface area contributed by atoms with E-state index in [1.165, 1.54) is 14.1 Å². The van der Waals surface area contributed by atoms with Gasteiger partial charge >= 0.3 is 11.4 Å². The van der Waals surface area contributed by atoms with E-state index in [-0.39, 0.29) is 22.8 Å². The summed E-state index contributed by atoms with van der Waals surface area (Å²) in [6.45, 7) is 0. The average molecular weight is 398 g/mol. The summed E-state index contributed by atoms with van der Waals surface area (Å²) in [5.41, 5.74) is -1.27. The molecule has 1 aromatic carbocycles. The lowest BCUT2D eigenvalue weighted by Crippen LogP contribution is -2.40. The second-order valence-electron chi connectivity index (χ2n) is 6.51. The Labute approximate surface area is 164 Å². The highest BCUT2D eigenvalue weighted by Crippen LogP contribution is 2.33. The fourth-order valence-electron chi connectivity index (χ4n) is 3.33. The van der Waals surface area contributed by atoms with Gasteiger partial charge in [-0.05, 0) is 5.56 Å². The lowest BCUT2D eigenvalue weighted by Gasteiger charge is -2.22. The zero-order valence-corrected chi connectivity index (χ0v) is 16.5. The van der Waals surface area contributed by atoms with Crippen molar-refractivity contribution < 1.29 is 0 Å². The summed E-state index contributed by atoms with van der Waals surface area (Å²) in [5, 5.41) is 5.67. The van der Waals surface area contributed by atoms with Crippen LogP contribution in [0.4, 0.5) is 11.6 Å². The Kier molecular flexibility index (Phi) is 5.26. The lowest BCUT2D eigenvalue weighted by atomic mass is 9.86. The van der Waals surface area contributed by atoms with E-state index in [9.17, 15) is 19.2 Å². The van der Waals surface area contributed by atoms with Crippen molar-refractivity contribution in [3.63, 3.8) is 0 Å². The van der Waals surface area contributed by atoms with E-state index in [1.54, 1.807) is 38.4 Å². The van der Waals surface area contributed by atoms with Crippen LogP contribution in [0.3, 0.4) is 0 Å². The standard InChI is InChI=1S/C19H22N6O4/c1-20-14-12(16(26)24(3)18(28)22-14)11(10-8-6-5-7-9-10)13-15(21-2)23-19(29)25(4)17(13)27/h5-9,11,20-21H,1-4H3,(H,22,28)(H,23,29). The molecule has 0 saturated carbocycles.